The van der Waals surface area contributed by atoms with Crippen LogP contribution in [0, 0.1) is 0 Å². The summed E-state index contributed by atoms with van der Waals surface area (Å²) in [5, 5.41) is 4.21. The number of carbonyl (C=O) groups excluding carboxylic acids is 2. The Labute approximate surface area is 225 Å². The highest BCUT2D eigenvalue weighted by Gasteiger charge is 2.53. The lowest BCUT2D eigenvalue weighted by molar-refractivity contribution is -0.189. The number of aromatic nitrogens is 3. The first kappa shape index (κ1) is 27.7. The standard InChI is InChI=1S/C24H25ClF3N5O4S/c1-31(2)23(35)32-12-6-8-16(19(32)24(26,27)28)20-29-22(37-13-14-10-11-18(25)38-14)33(30-20)21(34)15-7-4-5-9-17(15)36-3/h4-5,7,9-11,16,19H,6,8,12-13H2,1-3H3. The van der Waals surface area contributed by atoms with Gasteiger partial charge in [0.05, 0.1) is 22.9 Å². The third kappa shape index (κ3) is 5.73. The quantitative estimate of drug-likeness (QED) is 0.411. The Morgan fingerprint density at radius 2 is 1.95 bits per heavy atom. The highest BCUT2D eigenvalue weighted by atomic mass is 35.5. The number of alkyl halides is 3. The van der Waals surface area contributed by atoms with Gasteiger partial charge in [-0.2, -0.15) is 18.2 Å². The molecular weight excluding hydrogens is 547 g/mol. The van der Waals surface area contributed by atoms with Gasteiger partial charge < -0.3 is 19.3 Å². The molecule has 9 nitrogen and oxygen atoms in total. The highest BCUT2D eigenvalue weighted by molar-refractivity contribution is 7.16. The van der Waals surface area contributed by atoms with E-state index >= 15 is 0 Å². The van der Waals surface area contributed by atoms with Crippen molar-refractivity contribution in [1.82, 2.24) is 24.6 Å². The summed E-state index contributed by atoms with van der Waals surface area (Å²) >= 11 is 7.23. The number of para-hydroxylation sites is 1. The minimum atomic E-state index is -4.76. The molecule has 3 aromatic rings. The zero-order valence-corrected chi connectivity index (χ0v) is 22.3. The first-order chi connectivity index (χ1) is 18.0. The summed E-state index contributed by atoms with van der Waals surface area (Å²) in [5.41, 5.74) is 0.121. The van der Waals surface area contributed by atoms with Crippen LogP contribution in [0.5, 0.6) is 11.8 Å². The maximum atomic E-state index is 14.4. The van der Waals surface area contributed by atoms with Crippen molar-refractivity contribution in [3.05, 3.63) is 57.0 Å². The molecule has 0 spiro atoms. The molecule has 1 fully saturated rings. The van der Waals surface area contributed by atoms with E-state index in [9.17, 15) is 22.8 Å². The van der Waals surface area contributed by atoms with Crippen LogP contribution in [0.25, 0.3) is 0 Å². The summed E-state index contributed by atoms with van der Waals surface area (Å²) < 4.78 is 55.5. The summed E-state index contributed by atoms with van der Waals surface area (Å²) in [6, 6.07) is 6.54. The lowest BCUT2D eigenvalue weighted by atomic mass is 9.88. The maximum Gasteiger partial charge on any atom is 0.409 e. The van der Waals surface area contributed by atoms with E-state index in [1.807, 2.05) is 0 Å². The summed E-state index contributed by atoms with van der Waals surface area (Å²) in [4.78, 5) is 33.0. The number of carbonyl (C=O) groups is 2. The van der Waals surface area contributed by atoms with Crippen molar-refractivity contribution in [1.29, 1.82) is 0 Å². The zero-order valence-electron chi connectivity index (χ0n) is 20.7. The van der Waals surface area contributed by atoms with Crippen molar-refractivity contribution in [2.75, 3.05) is 27.7 Å². The van der Waals surface area contributed by atoms with Gasteiger partial charge in [-0.15, -0.1) is 21.1 Å². The van der Waals surface area contributed by atoms with Gasteiger partial charge in [-0.05, 0) is 37.1 Å². The smallest absolute Gasteiger partial charge is 0.409 e. The fraction of sp³-hybridized carbons (Fsp3) is 0.417. The van der Waals surface area contributed by atoms with E-state index in [2.05, 4.69) is 10.1 Å². The van der Waals surface area contributed by atoms with Crippen molar-refractivity contribution in [3.63, 3.8) is 0 Å². The molecule has 0 N–H and O–H groups in total. The second kappa shape index (κ2) is 11.2. The minimum Gasteiger partial charge on any atom is -0.496 e. The normalized spacial score (nSPS) is 17.8. The van der Waals surface area contributed by atoms with Gasteiger partial charge in [0.2, 0.25) is 0 Å². The lowest BCUT2D eigenvalue weighted by Crippen LogP contribution is -2.57. The van der Waals surface area contributed by atoms with Crippen LogP contribution in [0.15, 0.2) is 36.4 Å². The van der Waals surface area contributed by atoms with Crippen LogP contribution in [0.1, 0.15) is 39.8 Å². The van der Waals surface area contributed by atoms with Crippen LogP contribution in [0.4, 0.5) is 18.0 Å². The third-order valence-electron chi connectivity index (χ3n) is 6.02. The second-order valence-electron chi connectivity index (χ2n) is 8.77. The van der Waals surface area contributed by atoms with Gasteiger partial charge in [0.25, 0.3) is 5.91 Å². The van der Waals surface area contributed by atoms with Crippen LogP contribution in [0.3, 0.4) is 0 Å². The first-order valence-electron chi connectivity index (χ1n) is 11.6. The Bertz CT molecular complexity index is 1310. The largest absolute Gasteiger partial charge is 0.496 e. The van der Waals surface area contributed by atoms with Gasteiger partial charge in [-0.1, -0.05) is 23.7 Å². The first-order valence-corrected chi connectivity index (χ1v) is 12.8. The number of thiophene rings is 1. The van der Waals surface area contributed by atoms with E-state index in [1.54, 1.807) is 30.3 Å². The number of likely N-dealkylation sites (tertiary alicyclic amines) is 1. The van der Waals surface area contributed by atoms with Gasteiger partial charge in [-0.25, -0.2) is 4.79 Å². The van der Waals surface area contributed by atoms with Crippen molar-refractivity contribution in [3.8, 4) is 11.8 Å². The maximum absolute atomic E-state index is 14.4. The van der Waals surface area contributed by atoms with Crippen LogP contribution in [-0.2, 0) is 6.61 Å². The molecule has 1 saturated heterocycles. The number of hydrogen-bond acceptors (Lipinski definition) is 7. The van der Waals surface area contributed by atoms with Crippen LogP contribution >= 0.6 is 22.9 Å². The molecule has 2 amide bonds. The number of rotatable bonds is 6. The van der Waals surface area contributed by atoms with E-state index in [0.29, 0.717) is 15.6 Å². The summed E-state index contributed by atoms with van der Waals surface area (Å²) in [5.74, 6) is -2.00. The van der Waals surface area contributed by atoms with Crippen LogP contribution in [-0.4, -0.2) is 76.5 Å². The SMILES string of the molecule is COc1ccccc1C(=O)n1nc(C2CCCN(C(=O)N(C)C)C2C(F)(F)F)nc1OCc1ccc(Cl)s1. The molecule has 0 radical (unpaired) electrons. The summed E-state index contributed by atoms with van der Waals surface area (Å²) in [7, 11) is 4.17. The summed E-state index contributed by atoms with van der Waals surface area (Å²) in [6.45, 7) is -0.103. The van der Waals surface area contributed by atoms with Gasteiger partial charge in [0.15, 0.2) is 5.82 Å². The van der Waals surface area contributed by atoms with E-state index in [1.165, 1.54) is 38.6 Å². The van der Waals surface area contributed by atoms with Gasteiger partial charge in [0.1, 0.15) is 18.4 Å². The molecule has 0 aliphatic carbocycles. The second-order valence-corrected chi connectivity index (χ2v) is 10.6. The Morgan fingerprint density at radius 3 is 2.58 bits per heavy atom. The number of hydrogen-bond donors (Lipinski definition) is 0. The molecule has 204 valence electrons. The van der Waals surface area contributed by atoms with Crippen molar-refractivity contribution in [2.45, 2.75) is 37.6 Å². The number of nitrogens with zero attached hydrogens (tertiary/aromatic N) is 5. The number of halogens is 4. The molecule has 2 unspecified atom stereocenters. The van der Waals surface area contributed by atoms with E-state index in [0.717, 1.165) is 14.5 Å². The molecule has 2 atom stereocenters. The minimum absolute atomic E-state index is 0.0344. The number of piperidine rings is 1. The average Bonchev–Trinajstić information content (AvgIpc) is 3.51. The topological polar surface area (TPSA) is 89.8 Å². The number of benzene rings is 1. The molecule has 14 heteroatoms. The Morgan fingerprint density at radius 1 is 1.21 bits per heavy atom. The third-order valence-corrected chi connectivity index (χ3v) is 7.23. The molecule has 0 bridgehead atoms. The molecule has 38 heavy (non-hydrogen) atoms. The number of amides is 2. The van der Waals surface area contributed by atoms with E-state index in [-0.39, 0.29) is 42.7 Å². The molecule has 1 aliphatic heterocycles. The highest BCUT2D eigenvalue weighted by Crippen LogP contribution is 2.41. The number of ether oxygens (including phenoxy) is 2. The van der Waals surface area contributed by atoms with E-state index in [4.69, 9.17) is 21.1 Å². The average molecular weight is 572 g/mol. The lowest BCUT2D eigenvalue weighted by Gasteiger charge is -2.41. The molecule has 1 aliphatic rings. The summed E-state index contributed by atoms with van der Waals surface area (Å²) in [6.07, 6.45) is -4.40. The zero-order chi connectivity index (χ0) is 27.6. The number of methoxy groups -OCH3 is 1. The molecular formula is C24H25ClF3N5O4S. The molecule has 3 heterocycles. The molecule has 4 rings (SSSR count). The van der Waals surface area contributed by atoms with E-state index < -0.39 is 30.1 Å². The molecule has 0 saturated carbocycles. The Kier molecular flexibility index (Phi) is 8.16. The molecule has 1 aromatic carbocycles. The van der Waals surface area contributed by atoms with Crippen molar-refractivity contribution < 1.29 is 32.2 Å². The van der Waals surface area contributed by atoms with Crippen LogP contribution < -0.4 is 9.47 Å². The predicted molar refractivity (Wildman–Crippen MR) is 134 cm³/mol. The Hall–Kier alpha value is -3.32. The predicted octanol–water partition coefficient (Wildman–Crippen LogP) is 5.06. The monoisotopic (exact) mass is 571 g/mol. The van der Waals surface area contributed by atoms with Crippen molar-refractivity contribution in [2.24, 2.45) is 0 Å². The van der Waals surface area contributed by atoms with Gasteiger partial charge >= 0.3 is 18.2 Å². The fourth-order valence-electron chi connectivity index (χ4n) is 4.34. The van der Waals surface area contributed by atoms with Gasteiger partial charge in [-0.3, -0.25) is 4.79 Å². The fourth-order valence-corrected chi connectivity index (χ4v) is 5.34. The molecule has 2 aromatic heterocycles. The van der Waals surface area contributed by atoms with Gasteiger partial charge in [0, 0.05) is 25.5 Å². The van der Waals surface area contributed by atoms with Crippen molar-refractivity contribution >= 4 is 34.9 Å². The number of urea groups is 1. The van der Waals surface area contributed by atoms with Crippen LogP contribution in [0.2, 0.25) is 4.34 Å². The Balaban J connectivity index is 1.76.